The molecule has 2 nitrogen and oxygen atoms in total. The quantitative estimate of drug-likeness (QED) is 0.770. The Morgan fingerprint density at radius 2 is 1.64 bits per heavy atom. The van der Waals surface area contributed by atoms with Crippen molar-refractivity contribution in [1.29, 1.82) is 0 Å². The van der Waals surface area contributed by atoms with Gasteiger partial charge in [-0.2, -0.15) is 8.78 Å². The van der Waals surface area contributed by atoms with Crippen LogP contribution in [0, 0.1) is 13.8 Å². The number of halogens is 2. The van der Waals surface area contributed by atoms with E-state index in [2.05, 4.69) is 0 Å². The molecule has 0 saturated heterocycles. The third-order valence-electron chi connectivity index (χ3n) is 2.08. The molecular formula is C10H12F2O2. The highest BCUT2D eigenvalue weighted by molar-refractivity contribution is 5.42. The number of hydrogen-bond acceptors (Lipinski definition) is 2. The van der Waals surface area contributed by atoms with E-state index in [1.165, 1.54) is 26.0 Å². The zero-order valence-electron chi connectivity index (χ0n) is 8.01. The topological polar surface area (TPSA) is 40.5 Å². The van der Waals surface area contributed by atoms with E-state index in [4.69, 9.17) is 10.2 Å². The Kier molecular flexibility index (Phi) is 2.76. The van der Waals surface area contributed by atoms with Crippen LogP contribution in [0.25, 0.3) is 0 Å². The molecule has 78 valence electrons. The highest BCUT2D eigenvalue weighted by atomic mass is 19.3. The van der Waals surface area contributed by atoms with E-state index in [0.29, 0.717) is 0 Å². The number of rotatable bonds is 2. The molecule has 0 atom stereocenters. The fraction of sp³-hybridized carbons (Fsp3) is 0.400. The maximum atomic E-state index is 13.2. The number of alkyl halides is 2. The van der Waals surface area contributed by atoms with Gasteiger partial charge in [-0.05, 0) is 37.1 Å². The zero-order valence-corrected chi connectivity index (χ0v) is 8.01. The SMILES string of the molecule is Cc1cc(O)cc(C)c1C(F)(F)CO. The number of hydrogen-bond donors (Lipinski definition) is 2. The van der Waals surface area contributed by atoms with E-state index < -0.39 is 12.5 Å². The molecule has 0 aliphatic rings. The molecule has 0 saturated carbocycles. The molecule has 0 radical (unpaired) electrons. The average Bonchev–Trinajstić information content (AvgIpc) is 2.01. The first-order valence-corrected chi connectivity index (χ1v) is 4.18. The van der Waals surface area contributed by atoms with Crippen molar-refractivity contribution in [3.63, 3.8) is 0 Å². The van der Waals surface area contributed by atoms with Crippen molar-refractivity contribution in [1.82, 2.24) is 0 Å². The van der Waals surface area contributed by atoms with Gasteiger partial charge in [0.25, 0.3) is 5.92 Å². The molecule has 2 N–H and O–H groups in total. The summed E-state index contributed by atoms with van der Waals surface area (Å²) < 4.78 is 26.4. The lowest BCUT2D eigenvalue weighted by Gasteiger charge is -2.19. The van der Waals surface area contributed by atoms with E-state index in [1.54, 1.807) is 0 Å². The number of aliphatic hydroxyl groups excluding tert-OH is 1. The molecule has 1 rings (SSSR count). The molecule has 1 aromatic rings. The number of aliphatic hydroxyl groups is 1. The molecule has 4 heteroatoms. The molecule has 0 heterocycles. The van der Waals surface area contributed by atoms with Crippen molar-refractivity contribution < 1.29 is 19.0 Å². The van der Waals surface area contributed by atoms with Gasteiger partial charge in [0.2, 0.25) is 0 Å². The molecule has 0 aliphatic heterocycles. The van der Waals surface area contributed by atoms with E-state index in [0.717, 1.165) is 0 Å². The van der Waals surface area contributed by atoms with Crippen LogP contribution in [0.15, 0.2) is 12.1 Å². The van der Waals surface area contributed by atoms with Gasteiger partial charge >= 0.3 is 0 Å². The standard InChI is InChI=1S/C10H12F2O2/c1-6-3-8(14)4-7(2)9(6)10(11,12)5-13/h3-4,13-14H,5H2,1-2H3. The smallest absolute Gasteiger partial charge is 0.296 e. The number of aromatic hydroxyl groups is 1. The third-order valence-corrected chi connectivity index (χ3v) is 2.08. The summed E-state index contributed by atoms with van der Waals surface area (Å²) in [6.45, 7) is 1.73. The Hall–Kier alpha value is -1.16. The first-order chi connectivity index (χ1) is 6.38. The first-order valence-electron chi connectivity index (χ1n) is 4.18. The van der Waals surface area contributed by atoms with Crippen LogP contribution < -0.4 is 0 Å². The van der Waals surface area contributed by atoms with Crippen LogP contribution >= 0.6 is 0 Å². The highest BCUT2D eigenvalue weighted by Gasteiger charge is 2.33. The van der Waals surface area contributed by atoms with Gasteiger partial charge in [0.1, 0.15) is 12.4 Å². The minimum Gasteiger partial charge on any atom is -0.508 e. The number of phenols is 1. The Morgan fingerprint density at radius 1 is 1.21 bits per heavy atom. The summed E-state index contributed by atoms with van der Waals surface area (Å²) in [6, 6.07) is 2.51. The van der Waals surface area contributed by atoms with Crippen molar-refractivity contribution in [3.05, 3.63) is 28.8 Å². The van der Waals surface area contributed by atoms with Crippen LogP contribution in [0.4, 0.5) is 8.78 Å². The minimum absolute atomic E-state index is 0.0440. The molecule has 0 fully saturated rings. The molecule has 0 aromatic heterocycles. The maximum Gasteiger partial charge on any atom is 0.296 e. The van der Waals surface area contributed by atoms with Crippen LogP contribution in [0.3, 0.4) is 0 Å². The van der Waals surface area contributed by atoms with E-state index in [1.807, 2.05) is 0 Å². The normalized spacial score (nSPS) is 11.8. The zero-order chi connectivity index (χ0) is 10.9. The van der Waals surface area contributed by atoms with E-state index in [9.17, 15) is 8.78 Å². The summed E-state index contributed by atoms with van der Waals surface area (Å²) in [5, 5.41) is 17.7. The molecule has 0 aliphatic carbocycles. The Bertz CT molecular complexity index is 325. The fourth-order valence-electron chi connectivity index (χ4n) is 1.60. The van der Waals surface area contributed by atoms with Gasteiger partial charge in [0, 0.05) is 5.56 Å². The number of aryl methyl sites for hydroxylation is 2. The Morgan fingerprint density at radius 3 is 2.00 bits per heavy atom. The van der Waals surface area contributed by atoms with Gasteiger partial charge in [-0.1, -0.05) is 0 Å². The second kappa shape index (κ2) is 3.53. The lowest BCUT2D eigenvalue weighted by molar-refractivity contribution is -0.0566. The predicted octanol–water partition coefficient (Wildman–Crippen LogP) is 2.09. The van der Waals surface area contributed by atoms with Gasteiger partial charge in [-0.25, -0.2) is 0 Å². The Balaban J connectivity index is 3.35. The summed E-state index contributed by atoms with van der Waals surface area (Å²) in [7, 11) is 0. The monoisotopic (exact) mass is 202 g/mol. The summed E-state index contributed by atoms with van der Waals surface area (Å²) in [5.41, 5.74) is 0.348. The predicted molar refractivity (Wildman–Crippen MR) is 48.6 cm³/mol. The summed E-state index contributed by atoms with van der Waals surface area (Å²) >= 11 is 0. The van der Waals surface area contributed by atoms with E-state index in [-0.39, 0.29) is 22.4 Å². The van der Waals surface area contributed by atoms with Gasteiger partial charge in [0.05, 0.1) is 0 Å². The van der Waals surface area contributed by atoms with Crippen LogP contribution in [0.2, 0.25) is 0 Å². The van der Waals surface area contributed by atoms with Gasteiger partial charge in [-0.3, -0.25) is 0 Å². The van der Waals surface area contributed by atoms with Crippen molar-refractivity contribution >= 4 is 0 Å². The van der Waals surface area contributed by atoms with Crippen LogP contribution in [0.5, 0.6) is 5.75 Å². The van der Waals surface area contributed by atoms with Gasteiger partial charge in [0.15, 0.2) is 0 Å². The minimum atomic E-state index is -3.25. The summed E-state index contributed by atoms with van der Waals surface area (Å²) in [6.07, 6.45) is 0. The van der Waals surface area contributed by atoms with Crippen LogP contribution in [-0.2, 0) is 5.92 Å². The number of benzene rings is 1. The molecule has 1 aromatic carbocycles. The van der Waals surface area contributed by atoms with Crippen molar-refractivity contribution in [2.45, 2.75) is 19.8 Å². The molecule has 0 unspecified atom stereocenters. The lowest BCUT2D eigenvalue weighted by atomic mass is 9.97. The van der Waals surface area contributed by atoms with Gasteiger partial charge < -0.3 is 10.2 Å². The largest absolute Gasteiger partial charge is 0.508 e. The first kappa shape index (κ1) is 10.9. The molecule has 0 bridgehead atoms. The van der Waals surface area contributed by atoms with Crippen LogP contribution in [0.1, 0.15) is 16.7 Å². The molecule has 0 spiro atoms. The van der Waals surface area contributed by atoms with E-state index >= 15 is 0 Å². The fourth-order valence-corrected chi connectivity index (χ4v) is 1.60. The van der Waals surface area contributed by atoms with Crippen molar-refractivity contribution in [2.24, 2.45) is 0 Å². The lowest BCUT2D eigenvalue weighted by Crippen LogP contribution is -2.21. The van der Waals surface area contributed by atoms with Crippen molar-refractivity contribution in [2.75, 3.05) is 6.61 Å². The van der Waals surface area contributed by atoms with Crippen molar-refractivity contribution in [3.8, 4) is 5.75 Å². The van der Waals surface area contributed by atoms with Crippen LogP contribution in [-0.4, -0.2) is 16.8 Å². The molecule has 14 heavy (non-hydrogen) atoms. The highest BCUT2D eigenvalue weighted by Crippen LogP contribution is 2.34. The average molecular weight is 202 g/mol. The summed E-state index contributed by atoms with van der Waals surface area (Å²) in [4.78, 5) is 0. The molecular weight excluding hydrogens is 190 g/mol. The molecule has 0 amide bonds. The second-order valence-electron chi connectivity index (χ2n) is 3.32. The maximum absolute atomic E-state index is 13.2. The summed E-state index contributed by atoms with van der Waals surface area (Å²) in [5.74, 6) is -3.29. The van der Waals surface area contributed by atoms with Gasteiger partial charge in [-0.15, -0.1) is 0 Å². The third kappa shape index (κ3) is 1.85. The number of phenolic OH excluding ortho intramolecular Hbond substituents is 1. The Labute approximate surface area is 80.8 Å². The second-order valence-corrected chi connectivity index (χ2v) is 3.32.